The second-order valence-corrected chi connectivity index (χ2v) is 4.87. The van der Waals surface area contributed by atoms with Crippen LogP contribution in [0.2, 0.25) is 0 Å². The molecule has 0 bridgehead atoms. The summed E-state index contributed by atoms with van der Waals surface area (Å²) in [5.41, 5.74) is 1.16. The van der Waals surface area contributed by atoms with Crippen LogP contribution in [0.4, 0.5) is 4.39 Å². The van der Waals surface area contributed by atoms with E-state index < -0.39 is 0 Å². The Hall–Kier alpha value is -0.930. The summed E-state index contributed by atoms with van der Waals surface area (Å²) in [7, 11) is 0. The second-order valence-electron chi connectivity index (χ2n) is 4.87. The fourth-order valence-electron chi connectivity index (χ4n) is 2.35. The van der Waals surface area contributed by atoms with Crippen LogP contribution in [0.15, 0.2) is 24.3 Å². The summed E-state index contributed by atoms with van der Waals surface area (Å²) in [6.07, 6.45) is 2.30. The number of hydrogen-bond acceptors (Lipinski definition) is 2. The van der Waals surface area contributed by atoms with Gasteiger partial charge in [0, 0.05) is 18.7 Å². The predicted molar refractivity (Wildman–Crippen MR) is 66.5 cm³/mol. The Kier molecular flexibility index (Phi) is 4.13. The Balaban J connectivity index is 1.84. The number of rotatable bonds is 4. The molecule has 3 heteroatoms. The van der Waals surface area contributed by atoms with Crippen LogP contribution in [0.25, 0.3) is 0 Å². The minimum atomic E-state index is -0.174. The molecule has 0 spiro atoms. The van der Waals surface area contributed by atoms with E-state index in [9.17, 15) is 4.39 Å². The van der Waals surface area contributed by atoms with Crippen LogP contribution >= 0.6 is 0 Å². The quantitative estimate of drug-likeness (QED) is 0.869. The molecule has 0 aromatic heterocycles. The molecule has 17 heavy (non-hydrogen) atoms. The third kappa shape index (κ3) is 3.51. The number of benzene rings is 1. The van der Waals surface area contributed by atoms with Gasteiger partial charge in [0.2, 0.25) is 0 Å². The van der Waals surface area contributed by atoms with Crippen LogP contribution in [0, 0.1) is 5.82 Å². The molecule has 0 amide bonds. The topological polar surface area (TPSA) is 21.3 Å². The third-order valence-corrected chi connectivity index (χ3v) is 3.33. The van der Waals surface area contributed by atoms with Gasteiger partial charge in [-0.2, -0.15) is 0 Å². The third-order valence-electron chi connectivity index (χ3n) is 3.33. The SMILES string of the molecule is CC(Cc1ccc(F)cc1)NC1CCOC1C. The molecule has 1 fully saturated rings. The summed E-state index contributed by atoms with van der Waals surface area (Å²) in [6, 6.07) is 7.57. The van der Waals surface area contributed by atoms with Crippen LogP contribution < -0.4 is 5.32 Å². The molecule has 1 saturated heterocycles. The summed E-state index contributed by atoms with van der Waals surface area (Å²) in [4.78, 5) is 0. The molecule has 1 aliphatic rings. The lowest BCUT2D eigenvalue weighted by molar-refractivity contribution is 0.111. The van der Waals surface area contributed by atoms with E-state index in [0.29, 0.717) is 18.2 Å². The van der Waals surface area contributed by atoms with Crippen molar-refractivity contribution in [3.63, 3.8) is 0 Å². The highest BCUT2D eigenvalue weighted by atomic mass is 19.1. The van der Waals surface area contributed by atoms with Crippen molar-refractivity contribution < 1.29 is 9.13 Å². The lowest BCUT2D eigenvalue weighted by Crippen LogP contribution is -2.41. The molecule has 0 radical (unpaired) electrons. The highest BCUT2D eigenvalue weighted by molar-refractivity contribution is 5.17. The standard InChI is InChI=1S/C14H20FNO/c1-10(16-14-7-8-17-11(14)2)9-12-3-5-13(15)6-4-12/h3-6,10-11,14,16H,7-9H2,1-2H3. The summed E-state index contributed by atoms with van der Waals surface area (Å²) in [5.74, 6) is -0.174. The van der Waals surface area contributed by atoms with E-state index in [1.807, 2.05) is 12.1 Å². The summed E-state index contributed by atoms with van der Waals surface area (Å²) in [5, 5.41) is 3.57. The first-order chi connectivity index (χ1) is 8.15. The zero-order valence-electron chi connectivity index (χ0n) is 10.4. The van der Waals surface area contributed by atoms with Gasteiger partial charge in [-0.25, -0.2) is 4.39 Å². The van der Waals surface area contributed by atoms with Crippen molar-refractivity contribution in [2.45, 2.75) is 44.9 Å². The van der Waals surface area contributed by atoms with Crippen LogP contribution in [-0.2, 0) is 11.2 Å². The largest absolute Gasteiger partial charge is 0.377 e. The van der Waals surface area contributed by atoms with Gasteiger partial charge in [-0.05, 0) is 44.4 Å². The average molecular weight is 237 g/mol. The highest BCUT2D eigenvalue weighted by Crippen LogP contribution is 2.14. The monoisotopic (exact) mass is 237 g/mol. The molecule has 1 N–H and O–H groups in total. The molecule has 0 aliphatic carbocycles. The maximum atomic E-state index is 12.8. The van der Waals surface area contributed by atoms with E-state index in [4.69, 9.17) is 4.74 Å². The molecular weight excluding hydrogens is 217 g/mol. The van der Waals surface area contributed by atoms with Crippen LogP contribution in [0.5, 0.6) is 0 Å². The minimum absolute atomic E-state index is 0.174. The molecular formula is C14H20FNO. The predicted octanol–water partition coefficient (Wildman–Crippen LogP) is 2.52. The molecule has 3 atom stereocenters. The van der Waals surface area contributed by atoms with Crippen molar-refractivity contribution in [2.24, 2.45) is 0 Å². The second kappa shape index (κ2) is 5.61. The summed E-state index contributed by atoms with van der Waals surface area (Å²) >= 11 is 0. The van der Waals surface area contributed by atoms with Gasteiger partial charge in [0.25, 0.3) is 0 Å². The molecule has 2 nitrogen and oxygen atoms in total. The Morgan fingerprint density at radius 2 is 2.12 bits per heavy atom. The normalized spacial score (nSPS) is 26.1. The number of halogens is 1. The fourth-order valence-corrected chi connectivity index (χ4v) is 2.35. The van der Waals surface area contributed by atoms with Gasteiger partial charge >= 0.3 is 0 Å². The first-order valence-electron chi connectivity index (χ1n) is 6.27. The molecule has 1 aromatic carbocycles. The number of ether oxygens (including phenoxy) is 1. The van der Waals surface area contributed by atoms with Crippen molar-refractivity contribution in [1.29, 1.82) is 0 Å². The van der Waals surface area contributed by atoms with Crippen LogP contribution in [0.3, 0.4) is 0 Å². The zero-order chi connectivity index (χ0) is 12.3. The van der Waals surface area contributed by atoms with E-state index in [1.165, 1.54) is 12.1 Å². The van der Waals surface area contributed by atoms with E-state index in [1.54, 1.807) is 0 Å². The summed E-state index contributed by atoms with van der Waals surface area (Å²) < 4.78 is 18.3. The van der Waals surface area contributed by atoms with Gasteiger partial charge in [0.05, 0.1) is 6.10 Å². The summed E-state index contributed by atoms with van der Waals surface area (Å²) in [6.45, 7) is 5.12. The Morgan fingerprint density at radius 1 is 1.41 bits per heavy atom. The maximum Gasteiger partial charge on any atom is 0.123 e. The first kappa shape index (κ1) is 12.5. The van der Waals surface area contributed by atoms with E-state index in [-0.39, 0.29) is 5.82 Å². The lowest BCUT2D eigenvalue weighted by atomic mass is 10.0. The highest BCUT2D eigenvalue weighted by Gasteiger charge is 2.24. The smallest absolute Gasteiger partial charge is 0.123 e. The van der Waals surface area contributed by atoms with Crippen molar-refractivity contribution >= 4 is 0 Å². The Bertz CT molecular complexity index is 352. The Morgan fingerprint density at radius 3 is 2.71 bits per heavy atom. The van der Waals surface area contributed by atoms with Crippen LogP contribution in [-0.4, -0.2) is 24.8 Å². The van der Waals surface area contributed by atoms with Crippen molar-refractivity contribution in [3.05, 3.63) is 35.6 Å². The van der Waals surface area contributed by atoms with Gasteiger partial charge in [0.1, 0.15) is 5.82 Å². The maximum absolute atomic E-state index is 12.8. The van der Waals surface area contributed by atoms with E-state index in [2.05, 4.69) is 19.2 Å². The van der Waals surface area contributed by atoms with Gasteiger partial charge < -0.3 is 10.1 Å². The lowest BCUT2D eigenvalue weighted by Gasteiger charge is -2.21. The number of hydrogen-bond donors (Lipinski definition) is 1. The molecule has 3 unspecified atom stereocenters. The molecule has 1 heterocycles. The molecule has 0 saturated carbocycles. The van der Waals surface area contributed by atoms with Gasteiger partial charge in [-0.1, -0.05) is 12.1 Å². The first-order valence-corrected chi connectivity index (χ1v) is 6.27. The van der Waals surface area contributed by atoms with E-state index >= 15 is 0 Å². The van der Waals surface area contributed by atoms with Crippen molar-refractivity contribution in [3.8, 4) is 0 Å². The minimum Gasteiger partial charge on any atom is -0.377 e. The molecule has 2 rings (SSSR count). The average Bonchev–Trinajstić information content (AvgIpc) is 2.68. The van der Waals surface area contributed by atoms with E-state index in [0.717, 1.165) is 25.0 Å². The molecule has 1 aliphatic heterocycles. The van der Waals surface area contributed by atoms with Gasteiger partial charge in [-0.15, -0.1) is 0 Å². The van der Waals surface area contributed by atoms with Crippen LogP contribution in [0.1, 0.15) is 25.8 Å². The Labute approximate surface area is 102 Å². The zero-order valence-corrected chi connectivity index (χ0v) is 10.4. The van der Waals surface area contributed by atoms with Crippen molar-refractivity contribution in [2.75, 3.05) is 6.61 Å². The molecule has 1 aromatic rings. The molecule has 94 valence electrons. The fraction of sp³-hybridized carbons (Fsp3) is 0.571. The number of nitrogens with one attached hydrogen (secondary N) is 1. The van der Waals surface area contributed by atoms with Gasteiger partial charge in [-0.3, -0.25) is 0 Å². The van der Waals surface area contributed by atoms with Crippen molar-refractivity contribution in [1.82, 2.24) is 5.32 Å². The van der Waals surface area contributed by atoms with Gasteiger partial charge in [0.15, 0.2) is 0 Å².